The van der Waals surface area contributed by atoms with Crippen molar-refractivity contribution >= 4 is 21.4 Å². The fourth-order valence-corrected chi connectivity index (χ4v) is 2.49. The molecule has 7 heteroatoms. The molecule has 0 saturated carbocycles. The molecule has 0 spiro atoms. The second-order valence-corrected chi connectivity index (χ2v) is 6.98. The molecule has 0 saturated heterocycles. The third-order valence-electron chi connectivity index (χ3n) is 3.02. The molecule has 0 amide bonds. The Kier molecular flexibility index (Phi) is 5.79. The highest BCUT2D eigenvalue weighted by Gasteiger charge is 2.14. The van der Waals surface area contributed by atoms with Crippen LogP contribution in [0.3, 0.4) is 0 Å². The minimum Gasteiger partial charge on any atom is -0.397 e. The van der Waals surface area contributed by atoms with E-state index in [2.05, 4.69) is 14.9 Å². The number of anilines is 2. The van der Waals surface area contributed by atoms with Gasteiger partial charge in [-0.15, -0.1) is 0 Å². The van der Waals surface area contributed by atoms with Crippen LogP contribution in [0.2, 0.25) is 0 Å². The number of benzene rings is 1. The normalized spacial score (nSPS) is 13.4. The van der Waals surface area contributed by atoms with E-state index in [0.29, 0.717) is 11.4 Å². The zero-order valence-corrected chi connectivity index (χ0v) is 13.3. The Morgan fingerprint density at radius 2 is 2.00 bits per heavy atom. The first kappa shape index (κ1) is 16.7. The molecule has 0 radical (unpaired) electrons. The van der Waals surface area contributed by atoms with Crippen LogP contribution in [-0.2, 0) is 10.0 Å². The predicted octanol–water partition coefficient (Wildman–Crippen LogP) is 0.929. The third kappa shape index (κ3) is 4.66. The van der Waals surface area contributed by atoms with Crippen molar-refractivity contribution in [3.63, 3.8) is 0 Å². The van der Waals surface area contributed by atoms with Crippen LogP contribution in [-0.4, -0.2) is 47.0 Å². The summed E-state index contributed by atoms with van der Waals surface area (Å²) in [6.45, 7) is 2.99. The van der Waals surface area contributed by atoms with Crippen molar-refractivity contribution in [1.82, 2.24) is 9.62 Å². The summed E-state index contributed by atoms with van der Waals surface area (Å²) in [5, 5.41) is 3.26. The average molecular weight is 300 g/mol. The van der Waals surface area contributed by atoms with E-state index in [1.807, 2.05) is 21.0 Å². The van der Waals surface area contributed by atoms with E-state index in [-0.39, 0.29) is 10.9 Å². The summed E-state index contributed by atoms with van der Waals surface area (Å²) < 4.78 is 25.9. The molecule has 1 aromatic carbocycles. The maximum Gasteiger partial charge on any atom is 0.240 e. The van der Waals surface area contributed by atoms with Crippen LogP contribution < -0.4 is 15.8 Å². The van der Waals surface area contributed by atoms with Gasteiger partial charge >= 0.3 is 0 Å². The van der Waals surface area contributed by atoms with Crippen LogP contribution in [0.4, 0.5) is 11.4 Å². The van der Waals surface area contributed by atoms with Crippen LogP contribution in [0, 0.1) is 0 Å². The first-order valence-corrected chi connectivity index (χ1v) is 7.99. The zero-order chi connectivity index (χ0) is 15.3. The quantitative estimate of drug-likeness (QED) is 0.652. The fraction of sp³-hybridized carbons (Fsp3) is 0.538. The summed E-state index contributed by atoms with van der Waals surface area (Å²) in [5.41, 5.74) is 7.07. The zero-order valence-electron chi connectivity index (χ0n) is 12.5. The van der Waals surface area contributed by atoms with Crippen LogP contribution in [0.5, 0.6) is 0 Å². The van der Waals surface area contributed by atoms with Crippen LogP contribution >= 0.6 is 0 Å². The lowest BCUT2D eigenvalue weighted by Gasteiger charge is -2.19. The Balaban J connectivity index is 2.87. The second kappa shape index (κ2) is 6.92. The number of nitrogens with one attached hydrogen (secondary N) is 2. The van der Waals surface area contributed by atoms with Crippen molar-refractivity contribution in [3.05, 3.63) is 18.2 Å². The molecule has 6 nitrogen and oxygen atoms in total. The number of rotatable bonds is 7. The van der Waals surface area contributed by atoms with Crippen molar-refractivity contribution in [2.75, 3.05) is 38.7 Å². The summed E-state index contributed by atoms with van der Waals surface area (Å²) in [6.07, 6.45) is 0.940. The smallest absolute Gasteiger partial charge is 0.240 e. The molecule has 0 heterocycles. The molecule has 0 aliphatic carbocycles. The van der Waals surface area contributed by atoms with Gasteiger partial charge in [-0.3, -0.25) is 0 Å². The molecule has 1 rings (SSSR count). The number of nitrogens with two attached hydrogens (primary N) is 1. The lowest BCUT2D eigenvalue weighted by molar-refractivity contribution is 0.390. The van der Waals surface area contributed by atoms with Crippen molar-refractivity contribution in [3.8, 4) is 0 Å². The van der Waals surface area contributed by atoms with Crippen molar-refractivity contribution < 1.29 is 8.42 Å². The number of nitrogen functional groups attached to an aromatic ring is 1. The molecule has 0 aliphatic rings. The van der Waals surface area contributed by atoms with E-state index < -0.39 is 10.0 Å². The highest BCUT2D eigenvalue weighted by Crippen LogP contribution is 2.23. The van der Waals surface area contributed by atoms with E-state index in [9.17, 15) is 8.42 Å². The molecular weight excluding hydrogens is 276 g/mol. The Hall–Kier alpha value is -1.31. The van der Waals surface area contributed by atoms with Crippen molar-refractivity contribution in [2.24, 2.45) is 0 Å². The van der Waals surface area contributed by atoms with E-state index in [0.717, 1.165) is 13.0 Å². The largest absolute Gasteiger partial charge is 0.397 e. The first-order valence-electron chi connectivity index (χ1n) is 6.50. The van der Waals surface area contributed by atoms with Crippen LogP contribution in [0.1, 0.15) is 13.3 Å². The number of hydrogen-bond acceptors (Lipinski definition) is 5. The molecular formula is C13H24N4O2S. The van der Waals surface area contributed by atoms with Crippen LogP contribution in [0.15, 0.2) is 23.1 Å². The molecule has 0 aromatic heterocycles. The average Bonchev–Trinajstić information content (AvgIpc) is 2.38. The summed E-state index contributed by atoms with van der Waals surface area (Å²) in [6, 6.07) is 4.86. The SMILES string of the molecule is CNS(=O)(=O)c1ccc(N)c(NC(C)CCN(C)C)c1. The lowest BCUT2D eigenvalue weighted by Crippen LogP contribution is -2.24. The third-order valence-corrected chi connectivity index (χ3v) is 4.43. The molecule has 0 bridgehead atoms. The number of sulfonamides is 1. The summed E-state index contributed by atoms with van der Waals surface area (Å²) in [5.74, 6) is 0. The van der Waals surface area contributed by atoms with E-state index in [4.69, 9.17) is 5.73 Å². The Morgan fingerprint density at radius 1 is 1.35 bits per heavy atom. The van der Waals surface area contributed by atoms with Gasteiger partial charge in [0.25, 0.3) is 0 Å². The molecule has 4 N–H and O–H groups in total. The molecule has 20 heavy (non-hydrogen) atoms. The van der Waals surface area contributed by atoms with Crippen molar-refractivity contribution in [1.29, 1.82) is 0 Å². The number of hydrogen-bond donors (Lipinski definition) is 3. The number of nitrogens with zero attached hydrogens (tertiary/aromatic N) is 1. The van der Waals surface area contributed by atoms with E-state index in [1.165, 1.54) is 13.1 Å². The van der Waals surface area contributed by atoms with E-state index in [1.54, 1.807) is 12.1 Å². The van der Waals surface area contributed by atoms with Gasteiger partial charge in [-0.25, -0.2) is 13.1 Å². The first-order chi connectivity index (χ1) is 9.26. The van der Waals surface area contributed by atoms with Gasteiger partial charge < -0.3 is 16.0 Å². The van der Waals surface area contributed by atoms with Crippen molar-refractivity contribution in [2.45, 2.75) is 24.3 Å². The fourth-order valence-electron chi connectivity index (χ4n) is 1.73. The Morgan fingerprint density at radius 3 is 2.55 bits per heavy atom. The summed E-state index contributed by atoms with van der Waals surface area (Å²) in [7, 11) is 1.96. The van der Waals surface area contributed by atoms with Gasteiger partial charge in [-0.2, -0.15) is 0 Å². The van der Waals surface area contributed by atoms with Gasteiger partial charge in [-0.1, -0.05) is 0 Å². The van der Waals surface area contributed by atoms with Gasteiger partial charge in [0.05, 0.1) is 16.3 Å². The highest BCUT2D eigenvalue weighted by atomic mass is 32.2. The second-order valence-electron chi connectivity index (χ2n) is 5.09. The molecule has 1 atom stereocenters. The summed E-state index contributed by atoms with van der Waals surface area (Å²) >= 11 is 0. The van der Waals surface area contributed by atoms with Gasteiger partial charge in [0.1, 0.15) is 0 Å². The van der Waals surface area contributed by atoms with Gasteiger partial charge in [-0.05, 0) is 59.2 Å². The van der Waals surface area contributed by atoms with E-state index >= 15 is 0 Å². The molecule has 0 fully saturated rings. The highest BCUT2D eigenvalue weighted by molar-refractivity contribution is 7.89. The predicted molar refractivity (Wildman–Crippen MR) is 83.4 cm³/mol. The van der Waals surface area contributed by atoms with Gasteiger partial charge in [0, 0.05) is 6.04 Å². The van der Waals surface area contributed by atoms with Gasteiger partial charge in [0.2, 0.25) is 10.0 Å². The minimum absolute atomic E-state index is 0.201. The topological polar surface area (TPSA) is 87.5 Å². The molecule has 0 aliphatic heterocycles. The lowest BCUT2D eigenvalue weighted by atomic mass is 10.2. The monoisotopic (exact) mass is 300 g/mol. The molecule has 1 unspecified atom stereocenters. The van der Waals surface area contributed by atoms with Gasteiger partial charge in [0.15, 0.2) is 0 Å². The standard InChI is InChI=1S/C13H24N4O2S/c1-10(7-8-17(3)4)16-13-9-11(5-6-12(13)14)20(18,19)15-2/h5-6,9-10,15-16H,7-8,14H2,1-4H3. The Labute approximate surface area is 121 Å². The maximum atomic E-state index is 11.8. The summed E-state index contributed by atoms with van der Waals surface area (Å²) in [4.78, 5) is 2.31. The Bertz CT molecular complexity index is 543. The van der Waals surface area contributed by atoms with Crippen LogP contribution in [0.25, 0.3) is 0 Å². The molecule has 1 aromatic rings. The molecule has 114 valence electrons. The maximum absolute atomic E-state index is 11.8. The minimum atomic E-state index is -3.45.